The van der Waals surface area contributed by atoms with Crippen molar-refractivity contribution in [1.29, 1.82) is 0 Å². The highest BCUT2D eigenvalue weighted by Gasteiger charge is 2.34. The van der Waals surface area contributed by atoms with E-state index in [9.17, 15) is 13.2 Å². The first kappa shape index (κ1) is 16.3. The van der Waals surface area contributed by atoms with Crippen molar-refractivity contribution in [3.05, 3.63) is 35.4 Å². The fraction of sp³-hybridized carbons (Fsp3) is 0.647. The molecule has 1 unspecified atom stereocenters. The van der Waals surface area contributed by atoms with Gasteiger partial charge in [-0.2, -0.15) is 13.2 Å². The van der Waals surface area contributed by atoms with E-state index in [1.165, 1.54) is 31.4 Å². The fourth-order valence-electron chi connectivity index (χ4n) is 3.19. The molecule has 1 fully saturated rings. The molecule has 4 heteroatoms. The zero-order valence-electron chi connectivity index (χ0n) is 12.8. The third-order valence-corrected chi connectivity index (χ3v) is 4.68. The number of alkyl halides is 3. The smallest absolute Gasteiger partial charge is 0.311 e. The van der Waals surface area contributed by atoms with Crippen LogP contribution in [0.3, 0.4) is 0 Å². The summed E-state index contributed by atoms with van der Waals surface area (Å²) in [4.78, 5) is 0. The van der Waals surface area contributed by atoms with Gasteiger partial charge in [0, 0.05) is 5.54 Å². The first-order chi connectivity index (χ1) is 9.83. The van der Waals surface area contributed by atoms with Gasteiger partial charge in [0.2, 0.25) is 0 Å². The molecular weight excluding hydrogens is 275 g/mol. The van der Waals surface area contributed by atoms with Crippen LogP contribution < -0.4 is 5.32 Å². The van der Waals surface area contributed by atoms with Gasteiger partial charge in [-0.25, -0.2) is 0 Å². The van der Waals surface area contributed by atoms with E-state index >= 15 is 0 Å². The second-order valence-electron chi connectivity index (χ2n) is 6.42. The topological polar surface area (TPSA) is 12.0 Å². The van der Waals surface area contributed by atoms with E-state index in [1.54, 1.807) is 12.1 Å². The van der Waals surface area contributed by atoms with Gasteiger partial charge in [0.25, 0.3) is 0 Å². The summed E-state index contributed by atoms with van der Waals surface area (Å²) in [6.07, 6.45) is 1.23. The van der Waals surface area contributed by atoms with Crippen LogP contribution in [-0.4, -0.2) is 12.1 Å². The molecule has 1 saturated heterocycles. The fourth-order valence-corrected chi connectivity index (χ4v) is 3.19. The van der Waals surface area contributed by atoms with Crippen molar-refractivity contribution in [1.82, 2.24) is 5.32 Å². The number of benzene rings is 1. The summed E-state index contributed by atoms with van der Waals surface area (Å²) in [5.74, 6) is 0.456. The quantitative estimate of drug-likeness (QED) is 0.845. The molecule has 1 aromatic rings. The minimum Gasteiger partial charge on any atom is -0.311 e. The molecule has 0 aliphatic carbocycles. The summed E-state index contributed by atoms with van der Waals surface area (Å²) in [6.45, 7) is 5.39. The van der Waals surface area contributed by atoms with Crippen LogP contribution in [0.15, 0.2) is 24.3 Å². The Bertz CT molecular complexity index is 440. The highest BCUT2D eigenvalue weighted by molar-refractivity contribution is 5.26. The summed E-state index contributed by atoms with van der Waals surface area (Å²) in [7, 11) is 0. The molecule has 1 aliphatic rings. The molecule has 1 nitrogen and oxygen atoms in total. The van der Waals surface area contributed by atoms with E-state index in [4.69, 9.17) is 0 Å². The van der Waals surface area contributed by atoms with E-state index in [-0.39, 0.29) is 5.54 Å². The zero-order chi connectivity index (χ0) is 15.5. The van der Waals surface area contributed by atoms with Crippen LogP contribution in [0.25, 0.3) is 0 Å². The number of nitrogens with one attached hydrogen (secondary N) is 1. The molecule has 21 heavy (non-hydrogen) atoms. The summed E-state index contributed by atoms with van der Waals surface area (Å²) in [5.41, 5.74) is 0.417. The lowest BCUT2D eigenvalue weighted by Crippen LogP contribution is -2.50. The Labute approximate surface area is 124 Å². The maximum Gasteiger partial charge on any atom is 0.416 e. The van der Waals surface area contributed by atoms with Gasteiger partial charge in [-0.05, 0) is 49.4 Å². The Hall–Kier alpha value is -1.03. The predicted octanol–water partition coefficient (Wildman–Crippen LogP) is 4.81. The molecule has 1 heterocycles. The van der Waals surface area contributed by atoms with Gasteiger partial charge in [-0.1, -0.05) is 38.8 Å². The Morgan fingerprint density at radius 3 is 2.33 bits per heavy atom. The van der Waals surface area contributed by atoms with E-state index in [0.29, 0.717) is 5.92 Å². The van der Waals surface area contributed by atoms with Gasteiger partial charge < -0.3 is 5.32 Å². The van der Waals surface area contributed by atoms with E-state index < -0.39 is 11.7 Å². The predicted molar refractivity (Wildman–Crippen MR) is 79.2 cm³/mol. The molecule has 0 amide bonds. The number of hydrogen-bond acceptors (Lipinski definition) is 1. The summed E-state index contributed by atoms with van der Waals surface area (Å²) in [5, 5.41) is 3.67. The molecule has 2 rings (SSSR count). The molecule has 1 N–H and O–H groups in total. The molecule has 118 valence electrons. The third-order valence-electron chi connectivity index (χ3n) is 4.68. The van der Waals surface area contributed by atoms with Crippen LogP contribution in [-0.2, 0) is 12.6 Å². The highest BCUT2D eigenvalue weighted by atomic mass is 19.4. The van der Waals surface area contributed by atoms with Crippen molar-refractivity contribution in [3.8, 4) is 0 Å². The number of rotatable bonds is 3. The minimum absolute atomic E-state index is 0.0102. The lowest BCUT2D eigenvalue weighted by molar-refractivity contribution is -0.137. The molecule has 1 atom stereocenters. The molecule has 1 aromatic carbocycles. The van der Waals surface area contributed by atoms with Gasteiger partial charge in [0.15, 0.2) is 0 Å². The Morgan fingerprint density at radius 2 is 1.76 bits per heavy atom. The molecule has 1 aliphatic heterocycles. The average molecular weight is 299 g/mol. The summed E-state index contributed by atoms with van der Waals surface area (Å²) < 4.78 is 37.9. The van der Waals surface area contributed by atoms with Crippen molar-refractivity contribution in [2.24, 2.45) is 5.92 Å². The van der Waals surface area contributed by atoms with Crippen molar-refractivity contribution in [2.45, 2.75) is 57.7 Å². The Balaban J connectivity index is 2.17. The van der Waals surface area contributed by atoms with E-state index in [0.717, 1.165) is 24.9 Å². The summed E-state index contributed by atoms with van der Waals surface area (Å²) >= 11 is 0. The van der Waals surface area contributed by atoms with E-state index in [2.05, 4.69) is 19.2 Å². The van der Waals surface area contributed by atoms with Gasteiger partial charge >= 0.3 is 6.18 Å². The molecule has 0 aromatic heterocycles. The molecule has 0 bridgehead atoms. The number of hydrogen-bond donors (Lipinski definition) is 1. The van der Waals surface area contributed by atoms with E-state index in [1.807, 2.05) is 0 Å². The van der Waals surface area contributed by atoms with Crippen LogP contribution in [0.1, 0.15) is 50.7 Å². The van der Waals surface area contributed by atoms with Crippen molar-refractivity contribution in [2.75, 3.05) is 6.54 Å². The largest absolute Gasteiger partial charge is 0.416 e. The first-order valence-electron chi connectivity index (χ1n) is 7.75. The van der Waals surface area contributed by atoms with Crippen LogP contribution >= 0.6 is 0 Å². The third kappa shape index (κ3) is 4.00. The maximum absolute atomic E-state index is 12.6. The van der Waals surface area contributed by atoms with Gasteiger partial charge in [0.1, 0.15) is 0 Å². The summed E-state index contributed by atoms with van der Waals surface area (Å²) in [6, 6.07) is 5.64. The molecule has 0 radical (unpaired) electrons. The van der Waals surface area contributed by atoms with Gasteiger partial charge in [-0.3, -0.25) is 0 Å². The lowest BCUT2D eigenvalue weighted by atomic mass is 9.77. The van der Waals surface area contributed by atoms with Crippen molar-refractivity contribution < 1.29 is 13.2 Å². The van der Waals surface area contributed by atoms with Crippen molar-refractivity contribution in [3.63, 3.8) is 0 Å². The standard InChI is InChI=1S/C17H24F3N/c1-13(2)16(10-4-3-5-11-21-16)12-14-6-8-15(9-7-14)17(18,19)20/h6-9,13,21H,3-5,10-12H2,1-2H3. The molecule has 0 saturated carbocycles. The van der Waals surface area contributed by atoms with Crippen LogP contribution in [0.2, 0.25) is 0 Å². The van der Waals surface area contributed by atoms with Crippen molar-refractivity contribution >= 4 is 0 Å². The zero-order valence-corrected chi connectivity index (χ0v) is 12.8. The van der Waals surface area contributed by atoms with Crippen LogP contribution in [0.4, 0.5) is 13.2 Å². The first-order valence-corrected chi connectivity index (χ1v) is 7.75. The monoisotopic (exact) mass is 299 g/mol. The van der Waals surface area contributed by atoms with Gasteiger partial charge in [-0.15, -0.1) is 0 Å². The highest BCUT2D eigenvalue weighted by Crippen LogP contribution is 2.32. The Morgan fingerprint density at radius 1 is 1.10 bits per heavy atom. The van der Waals surface area contributed by atoms with Crippen LogP contribution in [0, 0.1) is 5.92 Å². The minimum atomic E-state index is -4.26. The molecular formula is C17H24F3N. The molecule has 0 spiro atoms. The maximum atomic E-state index is 12.6. The lowest BCUT2D eigenvalue weighted by Gasteiger charge is -2.38. The number of halogens is 3. The van der Waals surface area contributed by atoms with Gasteiger partial charge in [0.05, 0.1) is 5.56 Å². The average Bonchev–Trinajstić information content (AvgIpc) is 2.65. The normalized spacial score (nSPS) is 24.1. The second kappa shape index (κ2) is 6.39. The Kier molecular flexibility index (Phi) is 4.97. The SMILES string of the molecule is CC(C)C1(Cc2ccc(C(F)(F)F)cc2)CCCCCN1. The second-order valence-corrected chi connectivity index (χ2v) is 6.42. The van der Waals surface area contributed by atoms with Crippen LogP contribution in [0.5, 0.6) is 0 Å².